The fourth-order valence-corrected chi connectivity index (χ4v) is 0.129. The van der Waals surface area contributed by atoms with E-state index < -0.39 is 0 Å². The summed E-state index contributed by atoms with van der Waals surface area (Å²) >= 11 is 0. The van der Waals surface area contributed by atoms with Crippen LogP contribution >= 0.6 is 0 Å². The molecule has 0 saturated carbocycles. The number of carbonyl (C=O) groups excluding carboxylic acids is 1. The summed E-state index contributed by atoms with van der Waals surface area (Å²) in [5, 5.41) is 7.96. The van der Waals surface area contributed by atoms with Gasteiger partial charge in [0.25, 0.3) is 0 Å². The van der Waals surface area contributed by atoms with Crippen LogP contribution in [0.25, 0.3) is 0 Å². The molecule has 0 saturated heterocycles. The zero-order valence-electron chi connectivity index (χ0n) is 4.09. The second-order valence-electron chi connectivity index (χ2n) is 0.997. The van der Waals surface area contributed by atoms with Crippen molar-refractivity contribution in [2.24, 2.45) is 0 Å². The summed E-state index contributed by atoms with van der Waals surface area (Å²) in [4.78, 5) is 9.83. The molecule has 2 nitrogen and oxygen atoms in total. The van der Waals surface area contributed by atoms with Gasteiger partial charge in [0, 0.05) is 22.4 Å². The summed E-state index contributed by atoms with van der Waals surface area (Å²) in [5.41, 5.74) is 0. The van der Waals surface area contributed by atoms with E-state index in [2.05, 4.69) is 0 Å². The van der Waals surface area contributed by atoms with E-state index in [1.165, 1.54) is 13.3 Å². The molecule has 0 bridgehead atoms. The zero-order valence-corrected chi connectivity index (χ0v) is 7.30. The SMILES string of the molecule is CC(=O)[CH-]CO.[Ta]. The van der Waals surface area contributed by atoms with Crippen molar-refractivity contribution >= 4 is 5.78 Å². The summed E-state index contributed by atoms with van der Waals surface area (Å²) in [6.45, 7) is 1.26. The van der Waals surface area contributed by atoms with Gasteiger partial charge in [-0.1, -0.05) is 6.61 Å². The Balaban J connectivity index is 0. The van der Waals surface area contributed by atoms with Gasteiger partial charge in [0.05, 0.1) is 0 Å². The van der Waals surface area contributed by atoms with Crippen LogP contribution in [0, 0.1) is 6.42 Å². The van der Waals surface area contributed by atoms with Crippen LogP contribution in [0.5, 0.6) is 0 Å². The Labute approximate surface area is 58.4 Å². The van der Waals surface area contributed by atoms with Crippen LogP contribution in [0.3, 0.4) is 0 Å². The summed E-state index contributed by atoms with van der Waals surface area (Å²) in [5.74, 6) is -0.0856. The molecule has 0 fully saturated rings. The average molecular weight is 268 g/mol. The van der Waals surface area contributed by atoms with Crippen LogP contribution in [0.2, 0.25) is 0 Å². The normalized spacial score (nSPS) is 6.57. The molecule has 0 spiro atoms. The molecule has 0 heterocycles. The average Bonchev–Trinajstić information content (AvgIpc) is 1.35. The van der Waals surface area contributed by atoms with Crippen molar-refractivity contribution in [3.63, 3.8) is 0 Å². The van der Waals surface area contributed by atoms with Crippen LogP contribution in [-0.2, 0) is 27.2 Å². The van der Waals surface area contributed by atoms with Crippen LogP contribution in [0.4, 0.5) is 0 Å². The van der Waals surface area contributed by atoms with Gasteiger partial charge < -0.3 is 16.3 Å². The van der Waals surface area contributed by atoms with Crippen molar-refractivity contribution in [3.8, 4) is 0 Å². The van der Waals surface area contributed by atoms with Crippen LogP contribution in [0.15, 0.2) is 0 Å². The third kappa shape index (κ3) is 10.7. The van der Waals surface area contributed by atoms with E-state index in [1.807, 2.05) is 0 Å². The molecule has 1 N–H and O–H groups in total. The Morgan fingerprint density at radius 3 is 2.29 bits per heavy atom. The summed E-state index contributed by atoms with van der Waals surface area (Å²) in [7, 11) is 0. The number of aliphatic hydroxyl groups excluding tert-OH is 1. The van der Waals surface area contributed by atoms with Crippen LogP contribution < -0.4 is 0 Å². The smallest absolute Gasteiger partial charge is 0 e. The van der Waals surface area contributed by atoms with Crippen molar-refractivity contribution in [2.75, 3.05) is 6.61 Å². The molecule has 41 valence electrons. The van der Waals surface area contributed by atoms with Gasteiger partial charge in [0.2, 0.25) is 0 Å². The summed E-state index contributed by atoms with van der Waals surface area (Å²) in [6.07, 6.45) is 1.21. The second-order valence-corrected chi connectivity index (χ2v) is 0.997. The van der Waals surface area contributed by atoms with E-state index in [1.54, 1.807) is 0 Å². The molecule has 0 atom stereocenters. The topological polar surface area (TPSA) is 37.3 Å². The summed E-state index contributed by atoms with van der Waals surface area (Å²) < 4.78 is 0. The molecule has 3 heteroatoms. The maximum atomic E-state index is 9.83. The molecule has 0 aromatic carbocycles. The van der Waals surface area contributed by atoms with E-state index in [9.17, 15) is 4.79 Å². The molecule has 1 radical (unpaired) electrons. The minimum absolute atomic E-state index is 0. The van der Waals surface area contributed by atoms with Crippen molar-refractivity contribution in [2.45, 2.75) is 6.92 Å². The largest absolute Gasteiger partial charge is 0.425 e. The Hall–Kier alpha value is 0.240. The molecule has 0 aromatic rings. The molecule has 0 aliphatic rings. The number of aliphatic hydroxyl groups is 1. The minimum Gasteiger partial charge on any atom is -0.425 e. The first-order chi connectivity index (χ1) is 2.77. The molecular formula is C4H7O2Ta-. The summed E-state index contributed by atoms with van der Waals surface area (Å²) in [6, 6.07) is 0. The maximum absolute atomic E-state index is 9.83. The van der Waals surface area contributed by atoms with Crippen molar-refractivity contribution in [1.29, 1.82) is 0 Å². The monoisotopic (exact) mass is 268 g/mol. The van der Waals surface area contributed by atoms with Crippen molar-refractivity contribution < 1.29 is 32.3 Å². The van der Waals surface area contributed by atoms with Crippen molar-refractivity contribution in [1.82, 2.24) is 0 Å². The molecule has 7 heavy (non-hydrogen) atoms. The third-order valence-corrected chi connectivity index (χ3v) is 0.379. The van der Waals surface area contributed by atoms with Gasteiger partial charge in [-0.15, -0.1) is 0 Å². The van der Waals surface area contributed by atoms with Gasteiger partial charge in [-0.3, -0.25) is 0 Å². The first-order valence-corrected chi connectivity index (χ1v) is 1.72. The maximum Gasteiger partial charge on any atom is 0 e. The number of hydrogen-bond acceptors (Lipinski definition) is 2. The van der Waals surface area contributed by atoms with Crippen LogP contribution in [-0.4, -0.2) is 17.5 Å². The predicted octanol–water partition coefficient (Wildman–Crippen LogP) is -0.231. The van der Waals surface area contributed by atoms with Gasteiger partial charge in [0.15, 0.2) is 0 Å². The van der Waals surface area contributed by atoms with Gasteiger partial charge in [0.1, 0.15) is 0 Å². The first-order valence-electron chi connectivity index (χ1n) is 1.72. The van der Waals surface area contributed by atoms with E-state index in [-0.39, 0.29) is 34.8 Å². The van der Waals surface area contributed by atoms with E-state index in [0.717, 1.165) is 0 Å². The number of ketones is 1. The molecule has 0 rings (SSSR count). The first kappa shape index (κ1) is 10.3. The number of hydrogen-bond donors (Lipinski definition) is 1. The Morgan fingerprint density at radius 1 is 1.86 bits per heavy atom. The van der Waals surface area contributed by atoms with E-state index >= 15 is 0 Å². The molecule has 0 amide bonds. The van der Waals surface area contributed by atoms with Gasteiger partial charge >= 0.3 is 0 Å². The second kappa shape index (κ2) is 6.24. The molecular weight excluding hydrogens is 261 g/mol. The Morgan fingerprint density at radius 2 is 2.29 bits per heavy atom. The number of rotatable bonds is 2. The number of carbonyl (C=O) groups is 1. The zero-order chi connectivity index (χ0) is 4.99. The fraction of sp³-hybridized carbons (Fsp3) is 0.500. The van der Waals surface area contributed by atoms with E-state index in [0.29, 0.717) is 0 Å². The fourth-order valence-electron chi connectivity index (χ4n) is 0.129. The molecule has 0 aliphatic carbocycles. The van der Waals surface area contributed by atoms with Gasteiger partial charge in [-0.05, 0) is 12.7 Å². The third-order valence-electron chi connectivity index (χ3n) is 0.379. The standard InChI is InChI=1S/C4H7O2.Ta/c1-4(6)2-3-5;/h2,5H,3H2,1H3;/q-1;. The van der Waals surface area contributed by atoms with Gasteiger partial charge in [-0.25, -0.2) is 0 Å². The predicted molar refractivity (Wildman–Crippen MR) is 22.1 cm³/mol. The van der Waals surface area contributed by atoms with Gasteiger partial charge in [-0.2, -0.15) is 0 Å². The molecule has 0 aromatic heterocycles. The Kier molecular flexibility index (Phi) is 9.15. The van der Waals surface area contributed by atoms with Crippen molar-refractivity contribution in [3.05, 3.63) is 6.42 Å². The number of Topliss-reactive ketones (excluding diaryl/α,β-unsaturated/α-hetero) is 1. The van der Waals surface area contributed by atoms with E-state index in [4.69, 9.17) is 5.11 Å². The molecule has 0 aliphatic heterocycles. The Bertz CT molecular complexity index is 53.7. The molecule has 0 unspecified atom stereocenters. The quantitative estimate of drug-likeness (QED) is 0.702. The minimum atomic E-state index is -0.144. The van der Waals surface area contributed by atoms with Crippen LogP contribution in [0.1, 0.15) is 6.92 Å².